The quantitative estimate of drug-likeness (QED) is 0.361. The van der Waals surface area contributed by atoms with Gasteiger partial charge in [-0.05, 0) is 59.9 Å². The fraction of sp³-hybridized carbons (Fsp3) is 0.643. The van der Waals surface area contributed by atoms with Crippen LogP contribution in [0.1, 0.15) is 98.1 Å². The van der Waals surface area contributed by atoms with Gasteiger partial charge < -0.3 is 31.1 Å². The van der Waals surface area contributed by atoms with Gasteiger partial charge in [0, 0.05) is 17.1 Å². The van der Waals surface area contributed by atoms with E-state index in [2.05, 4.69) is 10.6 Å². The number of nitrogens with two attached hydrogens (primary N) is 1. The Kier molecular flexibility index (Phi) is 10.6. The predicted molar refractivity (Wildman–Crippen MR) is 144 cm³/mol. The van der Waals surface area contributed by atoms with Crippen LogP contribution in [0.3, 0.4) is 0 Å². The number of phenols is 1. The summed E-state index contributed by atoms with van der Waals surface area (Å²) in [5, 5.41) is 16.3. The number of amides is 4. The minimum absolute atomic E-state index is 0.0485. The van der Waals surface area contributed by atoms with Crippen molar-refractivity contribution in [2.24, 2.45) is 5.73 Å². The molecule has 38 heavy (non-hydrogen) atoms. The molecule has 2 unspecified atom stereocenters. The molecule has 4 amide bonds. The fourth-order valence-corrected chi connectivity index (χ4v) is 4.61. The number of para-hydroxylation sites is 1. The number of rotatable bonds is 10. The number of carbonyl (C=O) groups is 4. The van der Waals surface area contributed by atoms with Crippen LogP contribution < -0.4 is 16.4 Å². The van der Waals surface area contributed by atoms with Gasteiger partial charge in [-0.25, -0.2) is 4.79 Å². The van der Waals surface area contributed by atoms with Gasteiger partial charge in [-0.2, -0.15) is 0 Å². The summed E-state index contributed by atoms with van der Waals surface area (Å²) < 4.78 is 5.31. The Balaban J connectivity index is 2.58. The van der Waals surface area contributed by atoms with Gasteiger partial charge in [-0.1, -0.05) is 44.4 Å². The number of phenolic OH excluding ortho intramolecular Hbond substituents is 1. The molecule has 2 rings (SSSR count). The molecular formula is C28H44N4O6. The van der Waals surface area contributed by atoms with Crippen LogP contribution in [0, 0.1) is 0 Å². The van der Waals surface area contributed by atoms with E-state index in [9.17, 15) is 24.3 Å². The maximum atomic E-state index is 14.2. The number of nitrogens with zero attached hydrogens (tertiary/aromatic N) is 1. The summed E-state index contributed by atoms with van der Waals surface area (Å²) in [5.74, 6) is -2.08. The number of benzene rings is 1. The molecule has 10 nitrogen and oxygen atoms in total. The third-order valence-corrected chi connectivity index (χ3v) is 6.84. The van der Waals surface area contributed by atoms with Crippen molar-refractivity contribution in [1.29, 1.82) is 0 Å². The lowest BCUT2D eigenvalue weighted by atomic mass is 9.90. The molecule has 10 heteroatoms. The monoisotopic (exact) mass is 532 g/mol. The molecule has 0 bridgehead atoms. The largest absolute Gasteiger partial charge is 0.508 e. The summed E-state index contributed by atoms with van der Waals surface area (Å²) in [4.78, 5) is 54.0. The Bertz CT molecular complexity index is 997. The molecule has 0 spiro atoms. The zero-order chi connectivity index (χ0) is 28.7. The minimum atomic E-state index is -1.39. The van der Waals surface area contributed by atoms with Crippen molar-refractivity contribution in [2.75, 3.05) is 0 Å². The second-order valence-electron chi connectivity index (χ2n) is 11.5. The molecule has 0 aromatic heterocycles. The second kappa shape index (κ2) is 13.0. The molecule has 1 aromatic carbocycles. The zero-order valence-corrected chi connectivity index (χ0v) is 23.5. The van der Waals surface area contributed by atoms with Gasteiger partial charge in [-0.3, -0.25) is 14.4 Å². The smallest absolute Gasteiger partial charge is 0.408 e. The van der Waals surface area contributed by atoms with Crippen LogP contribution >= 0.6 is 0 Å². The van der Waals surface area contributed by atoms with Crippen molar-refractivity contribution >= 4 is 23.8 Å². The Hall–Kier alpha value is -3.30. The van der Waals surface area contributed by atoms with E-state index >= 15 is 0 Å². The number of primary amides is 1. The fourth-order valence-electron chi connectivity index (χ4n) is 4.61. The second-order valence-corrected chi connectivity index (χ2v) is 11.5. The highest BCUT2D eigenvalue weighted by Crippen LogP contribution is 2.36. The lowest BCUT2D eigenvalue weighted by Crippen LogP contribution is -2.60. The van der Waals surface area contributed by atoms with Gasteiger partial charge in [0.2, 0.25) is 17.7 Å². The number of nitrogens with one attached hydrogen (secondary N) is 2. The predicted octanol–water partition coefficient (Wildman–Crippen LogP) is 3.67. The Labute approximate surface area is 225 Å². The standard InChI is InChI=1S/C28H44N4O6/c1-7-28(5,6)32(25(36)20(17-22(29)34)31-26(37)38-27(2,3)4)23(19-15-11-12-16-21(19)33)24(35)30-18-13-9-8-10-14-18/h11-12,15-16,18,20,23,33H,7-10,13-14,17H2,1-6H3,(H2,29,34)(H,30,35)(H,31,37). The first-order valence-electron chi connectivity index (χ1n) is 13.4. The van der Waals surface area contributed by atoms with E-state index in [1.54, 1.807) is 52.8 Å². The Morgan fingerprint density at radius 1 is 1.08 bits per heavy atom. The highest BCUT2D eigenvalue weighted by molar-refractivity contribution is 5.95. The number of ether oxygens (including phenoxy) is 1. The molecule has 1 aromatic rings. The first-order chi connectivity index (χ1) is 17.7. The van der Waals surface area contributed by atoms with Crippen LogP contribution in [0.2, 0.25) is 0 Å². The van der Waals surface area contributed by atoms with E-state index in [4.69, 9.17) is 10.5 Å². The first-order valence-corrected chi connectivity index (χ1v) is 13.4. The van der Waals surface area contributed by atoms with Crippen LogP contribution in [0.5, 0.6) is 5.75 Å². The maximum absolute atomic E-state index is 14.2. The normalized spacial score (nSPS) is 16.2. The summed E-state index contributed by atoms with van der Waals surface area (Å²) in [6.45, 7) is 10.5. The molecule has 1 aliphatic rings. The third-order valence-electron chi connectivity index (χ3n) is 6.84. The van der Waals surface area contributed by atoms with Crippen molar-refractivity contribution in [1.82, 2.24) is 15.5 Å². The van der Waals surface area contributed by atoms with Gasteiger partial charge in [0.25, 0.3) is 0 Å². The number of hydrogen-bond acceptors (Lipinski definition) is 6. The topological polar surface area (TPSA) is 151 Å². The molecule has 212 valence electrons. The van der Waals surface area contributed by atoms with Crippen molar-refractivity contribution in [3.8, 4) is 5.75 Å². The molecule has 0 aliphatic heterocycles. The minimum Gasteiger partial charge on any atom is -0.508 e. The molecule has 1 saturated carbocycles. The van der Waals surface area contributed by atoms with E-state index in [1.807, 2.05) is 6.92 Å². The van der Waals surface area contributed by atoms with E-state index in [1.165, 1.54) is 11.0 Å². The number of aromatic hydroxyl groups is 1. The average molecular weight is 533 g/mol. The number of alkyl carbamates (subject to hydrolysis) is 1. The van der Waals surface area contributed by atoms with Crippen LogP contribution in [-0.4, -0.2) is 57.0 Å². The van der Waals surface area contributed by atoms with Gasteiger partial charge >= 0.3 is 6.09 Å². The molecule has 0 saturated heterocycles. The van der Waals surface area contributed by atoms with Crippen LogP contribution in [-0.2, 0) is 19.1 Å². The van der Waals surface area contributed by atoms with Crippen LogP contribution in [0.4, 0.5) is 4.79 Å². The summed E-state index contributed by atoms with van der Waals surface area (Å²) in [7, 11) is 0. The lowest BCUT2D eigenvalue weighted by Gasteiger charge is -2.45. The molecule has 2 atom stereocenters. The van der Waals surface area contributed by atoms with E-state index in [-0.39, 0.29) is 17.4 Å². The molecule has 0 heterocycles. The Morgan fingerprint density at radius 3 is 2.21 bits per heavy atom. The molecule has 5 N–H and O–H groups in total. The van der Waals surface area contributed by atoms with Crippen molar-refractivity contribution < 1.29 is 29.0 Å². The number of hydrogen-bond donors (Lipinski definition) is 4. The van der Waals surface area contributed by atoms with E-state index in [0.717, 1.165) is 32.1 Å². The Morgan fingerprint density at radius 2 is 1.68 bits per heavy atom. The van der Waals surface area contributed by atoms with Crippen molar-refractivity contribution in [3.63, 3.8) is 0 Å². The maximum Gasteiger partial charge on any atom is 0.408 e. The van der Waals surface area contributed by atoms with Gasteiger partial charge in [0.15, 0.2) is 0 Å². The molecule has 0 radical (unpaired) electrons. The summed E-state index contributed by atoms with van der Waals surface area (Å²) >= 11 is 0. The van der Waals surface area contributed by atoms with Crippen molar-refractivity contribution in [3.05, 3.63) is 29.8 Å². The highest BCUT2D eigenvalue weighted by atomic mass is 16.6. The average Bonchev–Trinajstić information content (AvgIpc) is 2.81. The van der Waals surface area contributed by atoms with Crippen LogP contribution in [0.25, 0.3) is 0 Å². The molecule has 1 fully saturated rings. The van der Waals surface area contributed by atoms with Crippen molar-refractivity contribution in [2.45, 2.75) is 116 Å². The molecule has 1 aliphatic carbocycles. The summed E-state index contributed by atoms with van der Waals surface area (Å²) in [6, 6.07) is 3.70. The third kappa shape index (κ3) is 8.63. The van der Waals surface area contributed by atoms with Gasteiger partial charge in [0.1, 0.15) is 23.4 Å². The summed E-state index contributed by atoms with van der Waals surface area (Å²) in [5.41, 5.74) is 3.93. The van der Waals surface area contributed by atoms with E-state index in [0.29, 0.717) is 6.42 Å². The van der Waals surface area contributed by atoms with Gasteiger partial charge in [0.05, 0.1) is 6.42 Å². The number of carbonyl (C=O) groups excluding carboxylic acids is 4. The SMILES string of the molecule is CCC(C)(C)N(C(=O)C(CC(N)=O)NC(=O)OC(C)(C)C)C(C(=O)NC1CCCCC1)c1ccccc1O. The lowest BCUT2D eigenvalue weighted by molar-refractivity contribution is -0.150. The van der Waals surface area contributed by atoms with Crippen LogP contribution in [0.15, 0.2) is 24.3 Å². The highest BCUT2D eigenvalue weighted by Gasteiger charge is 2.44. The zero-order valence-electron chi connectivity index (χ0n) is 23.5. The molecular weight excluding hydrogens is 488 g/mol. The van der Waals surface area contributed by atoms with E-state index < -0.39 is 53.5 Å². The van der Waals surface area contributed by atoms with Gasteiger partial charge in [-0.15, -0.1) is 0 Å². The first kappa shape index (κ1) is 30.9. The summed E-state index contributed by atoms with van der Waals surface area (Å²) in [6.07, 6.45) is 3.81.